The molecular formula is C26H23F3N4O4. The summed E-state index contributed by atoms with van der Waals surface area (Å²) >= 11 is 0. The number of aromatic nitrogens is 2. The van der Waals surface area contributed by atoms with Crippen LogP contribution >= 0.6 is 0 Å². The number of para-hydroxylation sites is 1. The summed E-state index contributed by atoms with van der Waals surface area (Å²) in [6.45, 7) is -0.237. The largest absolute Gasteiger partial charge is 0.522 e. The van der Waals surface area contributed by atoms with E-state index in [9.17, 15) is 23.2 Å². The molecule has 5 rings (SSSR count). The van der Waals surface area contributed by atoms with E-state index in [1.54, 1.807) is 4.90 Å². The minimum absolute atomic E-state index is 0.0542. The number of piperidine rings is 1. The third-order valence-electron chi connectivity index (χ3n) is 6.69. The van der Waals surface area contributed by atoms with Gasteiger partial charge >= 0.3 is 6.36 Å². The molecule has 1 spiro atoms. The van der Waals surface area contributed by atoms with Gasteiger partial charge in [-0.2, -0.15) is 10.4 Å². The molecule has 0 saturated carbocycles. The van der Waals surface area contributed by atoms with Crippen molar-refractivity contribution in [2.75, 3.05) is 26.3 Å². The van der Waals surface area contributed by atoms with Gasteiger partial charge in [-0.15, -0.1) is 13.2 Å². The number of carbonyl (C=O) groups excluding carboxylic acids is 1. The monoisotopic (exact) mass is 512 g/mol. The average Bonchev–Trinajstić information content (AvgIpc) is 3.29. The fraction of sp³-hybridized carbons (Fsp3) is 0.346. The maximum atomic E-state index is 13.2. The number of hydrogen-bond acceptors (Lipinski definition) is 6. The third-order valence-corrected chi connectivity index (χ3v) is 6.69. The Morgan fingerprint density at radius 1 is 1.19 bits per heavy atom. The number of amides is 1. The lowest BCUT2D eigenvalue weighted by Gasteiger charge is -2.44. The van der Waals surface area contributed by atoms with Crippen LogP contribution in [0.15, 0.2) is 48.7 Å². The van der Waals surface area contributed by atoms with Gasteiger partial charge < -0.3 is 14.4 Å². The van der Waals surface area contributed by atoms with Crippen molar-refractivity contribution in [1.82, 2.24) is 14.7 Å². The molecule has 37 heavy (non-hydrogen) atoms. The SMILES string of the molecule is Cn1ncc2c1-c1ccccc1OC21CCN(C(=O)c2ccc(OCCOC(F)(F)F)c(C#N)c2)CC1. The van der Waals surface area contributed by atoms with E-state index < -0.39 is 25.2 Å². The summed E-state index contributed by atoms with van der Waals surface area (Å²) in [7, 11) is 1.90. The highest BCUT2D eigenvalue weighted by atomic mass is 19.4. The number of hydrogen-bond donors (Lipinski definition) is 0. The normalized spacial score (nSPS) is 15.9. The number of benzene rings is 2. The summed E-state index contributed by atoms with van der Waals surface area (Å²) in [5.41, 5.74) is 2.75. The molecule has 1 aromatic heterocycles. The Labute approximate surface area is 210 Å². The summed E-state index contributed by atoms with van der Waals surface area (Å²) in [4.78, 5) is 15.0. The molecule has 0 N–H and O–H groups in total. The number of carbonyl (C=O) groups is 1. The molecule has 2 aromatic carbocycles. The lowest BCUT2D eigenvalue weighted by atomic mass is 9.81. The van der Waals surface area contributed by atoms with Crippen molar-refractivity contribution in [1.29, 1.82) is 5.26 Å². The number of likely N-dealkylation sites (tertiary alicyclic amines) is 1. The Morgan fingerprint density at radius 3 is 2.68 bits per heavy atom. The smallest absolute Gasteiger partial charge is 0.490 e. The van der Waals surface area contributed by atoms with E-state index in [1.807, 2.05) is 48.3 Å². The highest BCUT2D eigenvalue weighted by Crippen LogP contribution is 2.49. The van der Waals surface area contributed by atoms with Crippen LogP contribution in [0.2, 0.25) is 0 Å². The molecule has 2 aliphatic heterocycles. The van der Waals surface area contributed by atoms with Crippen molar-refractivity contribution >= 4 is 5.91 Å². The van der Waals surface area contributed by atoms with Crippen LogP contribution in [-0.2, 0) is 17.4 Å². The zero-order chi connectivity index (χ0) is 26.2. The summed E-state index contributed by atoms with van der Waals surface area (Å²) in [6.07, 6.45) is -1.79. The van der Waals surface area contributed by atoms with Crippen LogP contribution in [0.5, 0.6) is 11.5 Å². The molecule has 1 saturated heterocycles. The topological polar surface area (TPSA) is 89.6 Å². The fourth-order valence-corrected chi connectivity index (χ4v) is 4.92. The lowest BCUT2D eigenvalue weighted by Crippen LogP contribution is -2.49. The molecule has 0 unspecified atom stereocenters. The van der Waals surface area contributed by atoms with Crippen LogP contribution < -0.4 is 9.47 Å². The third kappa shape index (κ3) is 4.72. The van der Waals surface area contributed by atoms with Crippen molar-refractivity contribution in [2.24, 2.45) is 7.05 Å². The number of fused-ring (bicyclic) bond motifs is 4. The average molecular weight is 512 g/mol. The maximum absolute atomic E-state index is 13.2. The van der Waals surface area contributed by atoms with Crippen LogP contribution in [0.4, 0.5) is 13.2 Å². The first-order valence-electron chi connectivity index (χ1n) is 11.7. The van der Waals surface area contributed by atoms with Crippen LogP contribution in [-0.4, -0.2) is 53.3 Å². The second kappa shape index (κ2) is 9.44. The Hall–Kier alpha value is -4.04. The van der Waals surface area contributed by atoms with Gasteiger partial charge in [-0.3, -0.25) is 14.2 Å². The number of nitrogens with zero attached hydrogens (tertiary/aromatic N) is 4. The highest BCUT2D eigenvalue weighted by Gasteiger charge is 2.45. The molecule has 192 valence electrons. The van der Waals surface area contributed by atoms with Crippen molar-refractivity contribution in [2.45, 2.75) is 24.8 Å². The van der Waals surface area contributed by atoms with Gasteiger partial charge in [0, 0.05) is 49.7 Å². The molecule has 0 atom stereocenters. The Morgan fingerprint density at radius 2 is 1.95 bits per heavy atom. The Balaban J connectivity index is 1.28. The molecule has 0 radical (unpaired) electrons. The molecule has 3 heterocycles. The molecule has 0 aliphatic carbocycles. The van der Waals surface area contributed by atoms with Gasteiger partial charge in [0.1, 0.15) is 29.8 Å². The van der Waals surface area contributed by atoms with Gasteiger partial charge in [0.15, 0.2) is 0 Å². The minimum atomic E-state index is -4.75. The minimum Gasteiger partial charge on any atom is -0.490 e. The van der Waals surface area contributed by atoms with Gasteiger partial charge in [-0.25, -0.2) is 0 Å². The molecule has 1 fully saturated rings. The molecule has 0 bridgehead atoms. The fourth-order valence-electron chi connectivity index (χ4n) is 4.92. The molecule has 2 aliphatic rings. The van der Waals surface area contributed by atoms with Crippen molar-refractivity contribution in [3.63, 3.8) is 0 Å². The molecule has 11 heteroatoms. The Bertz CT molecular complexity index is 1370. The number of halogens is 3. The van der Waals surface area contributed by atoms with E-state index in [-0.39, 0.29) is 17.2 Å². The second-order valence-corrected chi connectivity index (χ2v) is 8.88. The zero-order valence-electron chi connectivity index (χ0n) is 19.9. The van der Waals surface area contributed by atoms with Crippen LogP contribution in [0.3, 0.4) is 0 Å². The van der Waals surface area contributed by atoms with E-state index in [0.717, 1.165) is 22.6 Å². The van der Waals surface area contributed by atoms with Gasteiger partial charge in [-0.1, -0.05) is 12.1 Å². The first-order valence-corrected chi connectivity index (χ1v) is 11.7. The quantitative estimate of drug-likeness (QED) is 0.471. The van der Waals surface area contributed by atoms with Crippen molar-refractivity contribution < 1.29 is 32.2 Å². The summed E-state index contributed by atoms with van der Waals surface area (Å²) < 4.78 is 53.6. The number of ether oxygens (including phenoxy) is 3. The van der Waals surface area contributed by atoms with E-state index in [1.165, 1.54) is 18.2 Å². The summed E-state index contributed by atoms with van der Waals surface area (Å²) in [5, 5.41) is 13.9. The Kier molecular flexibility index (Phi) is 6.29. The predicted octanol–water partition coefficient (Wildman–Crippen LogP) is 4.40. The molecule has 3 aromatic rings. The van der Waals surface area contributed by atoms with Crippen molar-refractivity contribution in [3.05, 3.63) is 65.4 Å². The van der Waals surface area contributed by atoms with Gasteiger partial charge in [0.25, 0.3) is 5.91 Å². The van der Waals surface area contributed by atoms with E-state index in [4.69, 9.17) is 9.47 Å². The molecular weight excluding hydrogens is 489 g/mol. The van der Waals surface area contributed by atoms with Crippen LogP contribution in [0, 0.1) is 11.3 Å². The maximum Gasteiger partial charge on any atom is 0.522 e. The van der Waals surface area contributed by atoms with Gasteiger partial charge in [-0.05, 0) is 30.3 Å². The van der Waals surface area contributed by atoms with Crippen molar-refractivity contribution in [3.8, 4) is 28.8 Å². The summed E-state index contributed by atoms with van der Waals surface area (Å²) in [5.74, 6) is 0.620. The van der Waals surface area contributed by atoms with Crippen LogP contribution in [0.25, 0.3) is 11.3 Å². The standard InChI is InChI=1S/C26H23F3N4O4/c1-32-23-19-4-2-3-5-22(19)37-25(20(23)16-31-32)8-10-33(11-9-25)24(34)17-6-7-21(18(14-17)15-30)35-12-13-36-26(27,28)29/h2-7,14,16H,8-13H2,1H3. The number of rotatable bonds is 5. The first kappa shape index (κ1) is 24.6. The van der Waals surface area contributed by atoms with E-state index in [0.29, 0.717) is 31.5 Å². The zero-order valence-corrected chi connectivity index (χ0v) is 19.9. The van der Waals surface area contributed by atoms with Crippen LogP contribution in [0.1, 0.15) is 34.3 Å². The lowest BCUT2D eigenvalue weighted by molar-refractivity contribution is -0.325. The summed E-state index contributed by atoms with van der Waals surface area (Å²) in [6, 6.07) is 14.1. The van der Waals surface area contributed by atoms with Gasteiger partial charge in [0.2, 0.25) is 0 Å². The first-order chi connectivity index (χ1) is 17.7. The number of nitriles is 1. The molecule has 8 nitrogen and oxygen atoms in total. The number of alkyl halides is 3. The van der Waals surface area contributed by atoms with E-state index >= 15 is 0 Å². The highest BCUT2D eigenvalue weighted by molar-refractivity contribution is 5.95. The number of aryl methyl sites for hydroxylation is 1. The van der Waals surface area contributed by atoms with E-state index in [2.05, 4.69) is 9.84 Å². The molecule has 1 amide bonds. The van der Waals surface area contributed by atoms with Gasteiger partial charge in [0.05, 0.1) is 24.1 Å². The predicted molar refractivity (Wildman–Crippen MR) is 125 cm³/mol. The second-order valence-electron chi connectivity index (χ2n) is 8.88.